The second-order valence-corrected chi connectivity index (χ2v) is 4.84. The summed E-state index contributed by atoms with van der Waals surface area (Å²) in [5.74, 6) is -0.342. The average molecular weight is 289 g/mol. The van der Waals surface area contributed by atoms with Crippen LogP contribution in [0.1, 0.15) is 16.1 Å². The van der Waals surface area contributed by atoms with Crippen LogP contribution in [-0.4, -0.2) is 11.0 Å². The van der Waals surface area contributed by atoms with Crippen molar-refractivity contribution in [3.8, 4) is 11.1 Å². The molecule has 0 amide bonds. The van der Waals surface area contributed by atoms with Crippen LogP contribution in [-0.2, 0) is 11.3 Å². The summed E-state index contributed by atoms with van der Waals surface area (Å²) in [6, 6.07) is 23.0. The van der Waals surface area contributed by atoms with E-state index in [0.717, 1.165) is 16.8 Å². The molecule has 0 aliphatic heterocycles. The lowest BCUT2D eigenvalue weighted by atomic mass is 10.0. The van der Waals surface area contributed by atoms with Gasteiger partial charge in [-0.15, -0.1) is 0 Å². The van der Waals surface area contributed by atoms with Gasteiger partial charge in [0.1, 0.15) is 6.61 Å². The van der Waals surface area contributed by atoms with Crippen LogP contribution >= 0.6 is 0 Å². The van der Waals surface area contributed by atoms with Crippen molar-refractivity contribution in [1.29, 1.82) is 0 Å². The number of ether oxygens (including phenoxy) is 1. The first-order chi connectivity index (χ1) is 10.8. The van der Waals surface area contributed by atoms with Crippen LogP contribution in [0.3, 0.4) is 0 Å². The standard InChI is InChI=1S/C19H15NO2/c21-19(22-14-18-8-4-5-13-20-18)17-11-9-16(10-12-17)15-6-2-1-3-7-15/h1-13H,14H2. The Morgan fingerprint density at radius 1 is 0.818 bits per heavy atom. The van der Waals surface area contributed by atoms with E-state index in [1.54, 1.807) is 18.3 Å². The van der Waals surface area contributed by atoms with Crippen molar-refractivity contribution in [3.63, 3.8) is 0 Å². The van der Waals surface area contributed by atoms with Gasteiger partial charge in [0.15, 0.2) is 0 Å². The molecule has 2 aromatic carbocycles. The molecule has 0 saturated heterocycles. The molecule has 0 spiro atoms. The van der Waals surface area contributed by atoms with Crippen LogP contribution < -0.4 is 0 Å². The zero-order chi connectivity index (χ0) is 15.2. The van der Waals surface area contributed by atoms with Crippen molar-refractivity contribution in [2.24, 2.45) is 0 Å². The Kier molecular flexibility index (Phi) is 4.25. The summed E-state index contributed by atoms with van der Waals surface area (Å²) in [4.78, 5) is 16.1. The van der Waals surface area contributed by atoms with Crippen LogP contribution in [0, 0.1) is 0 Å². The van der Waals surface area contributed by atoms with Crippen molar-refractivity contribution in [2.45, 2.75) is 6.61 Å². The summed E-state index contributed by atoms with van der Waals surface area (Å²) in [6.07, 6.45) is 1.68. The number of esters is 1. The molecule has 1 heterocycles. The minimum absolute atomic E-state index is 0.181. The van der Waals surface area contributed by atoms with Crippen molar-refractivity contribution < 1.29 is 9.53 Å². The van der Waals surface area contributed by atoms with Crippen molar-refractivity contribution in [1.82, 2.24) is 4.98 Å². The quantitative estimate of drug-likeness (QED) is 0.679. The van der Waals surface area contributed by atoms with Crippen molar-refractivity contribution in [2.75, 3.05) is 0 Å². The molecular formula is C19H15NO2. The van der Waals surface area contributed by atoms with Gasteiger partial charge in [-0.3, -0.25) is 4.98 Å². The maximum Gasteiger partial charge on any atom is 0.338 e. The average Bonchev–Trinajstić information content (AvgIpc) is 2.61. The van der Waals surface area contributed by atoms with Crippen molar-refractivity contribution >= 4 is 5.97 Å². The molecule has 3 rings (SSSR count). The first-order valence-corrected chi connectivity index (χ1v) is 7.05. The molecule has 0 aliphatic rings. The smallest absolute Gasteiger partial charge is 0.338 e. The number of rotatable bonds is 4. The van der Waals surface area contributed by atoms with E-state index >= 15 is 0 Å². The van der Waals surface area contributed by atoms with E-state index in [1.165, 1.54) is 0 Å². The fourth-order valence-corrected chi connectivity index (χ4v) is 2.14. The first-order valence-electron chi connectivity index (χ1n) is 7.05. The Morgan fingerprint density at radius 3 is 2.18 bits per heavy atom. The van der Waals surface area contributed by atoms with Gasteiger partial charge in [-0.05, 0) is 35.4 Å². The summed E-state index contributed by atoms with van der Waals surface area (Å²) in [5, 5.41) is 0. The van der Waals surface area contributed by atoms with E-state index in [2.05, 4.69) is 4.98 Å². The Morgan fingerprint density at radius 2 is 1.50 bits per heavy atom. The molecule has 22 heavy (non-hydrogen) atoms. The van der Waals surface area contributed by atoms with E-state index in [4.69, 9.17) is 4.74 Å². The highest BCUT2D eigenvalue weighted by molar-refractivity contribution is 5.90. The molecule has 3 heteroatoms. The normalized spacial score (nSPS) is 10.2. The number of pyridine rings is 1. The highest BCUT2D eigenvalue weighted by Gasteiger charge is 2.08. The minimum atomic E-state index is -0.342. The van der Waals surface area contributed by atoms with Gasteiger partial charge in [0.2, 0.25) is 0 Å². The molecule has 0 aliphatic carbocycles. The zero-order valence-electron chi connectivity index (χ0n) is 12.0. The van der Waals surface area contributed by atoms with E-state index in [1.807, 2.05) is 60.7 Å². The number of nitrogens with zero attached hydrogens (tertiary/aromatic N) is 1. The number of benzene rings is 2. The minimum Gasteiger partial charge on any atom is -0.456 e. The maximum atomic E-state index is 12.0. The molecule has 0 atom stereocenters. The van der Waals surface area contributed by atoms with Crippen LogP contribution in [0.15, 0.2) is 79.0 Å². The van der Waals surface area contributed by atoms with Gasteiger partial charge < -0.3 is 4.74 Å². The lowest BCUT2D eigenvalue weighted by molar-refractivity contribution is 0.0468. The van der Waals surface area contributed by atoms with E-state index in [9.17, 15) is 4.79 Å². The molecular weight excluding hydrogens is 274 g/mol. The molecule has 0 radical (unpaired) electrons. The number of aromatic nitrogens is 1. The van der Waals surface area contributed by atoms with Gasteiger partial charge in [-0.25, -0.2) is 4.79 Å². The third-order valence-electron chi connectivity index (χ3n) is 3.31. The maximum absolute atomic E-state index is 12.0. The summed E-state index contributed by atoms with van der Waals surface area (Å²) in [5.41, 5.74) is 3.46. The van der Waals surface area contributed by atoms with Gasteiger partial charge in [0.05, 0.1) is 11.3 Å². The van der Waals surface area contributed by atoms with Gasteiger partial charge in [-0.2, -0.15) is 0 Å². The molecule has 3 aromatic rings. The van der Waals surface area contributed by atoms with Crippen LogP contribution in [0.4, 0.5) is 0 Å². The number of hydrogen-bond acceptors (Lipinski definition) is 3. The third kappa shape index (κ3) is 3.38. The monoisotopic (exact) mass is 289 g/mol. The Balaban J connectivity index is 1.66. The Hall–Kier alpha value is -2.94. The predicted molar refractivity (Wildman–Crippen MR) is 85.2 cm³/mol. The van der Waals surface area contributed by atoms with Crippen LogP contribution in [0.5, 0.6) is 0 Å². The van der Waals surface area contributed by atoms with E-state index in [0.29, 0.717) is 5.56 Å². The Bertz CT molecular complexity index is 737. The summed E-state index contributed by atoms with van der Waals surface area (Å²) < 4.78 is 5.26. The van der Waals surface area contributed by atoms with Crippen molar-refractivity contribution in [3.05, 3.63) is 90.3 Å². The Labute approximate surface area is 129 Å². The SMILES string of the molecule is O=C(OCc1ccccn1)c1ccc(-c2ccccc2)cc1. The van der Waals surface area contributed by atoms with Crippen LogP contribution in [0.25, 0.3) is 11.1 Å². The third-order valence-corrected chi connectivity index (χ3v) is 3.31. The van der Waals surface area contributed by atoms with Gasteiger partial charge in [0.25, 0.3) is 0 Å². The number of carbonyl (C=O) groups is 1. The van der Waals surface area contributed by atoms with Crippen LogP contribution in [0.2, 0.25) is 0 Å². The number of carbonyl (C=O) groups excluding carboxylic acids is 1. The zero-order valence-corrected chi connectivity index (χ0v) is 12.0. The summed E-state index contributed by atoms with van der Waals surface area (Å²) in [7, 11) is 0. The fraction of sp³-hybridized carbons (Fsp3) is 0.0526. The fourth-order valence-electron chi connectivity index (χ4n) is 2.14. The molecule has 3 nitrogen and oxygen atoms in total. The highest BCUT2D eigenvalue weighted by atomic mass is 16.5. The van der Waals surface area contributed by atoms with Gasteiger partial charge >= 0.3 is 5.97 Å². The second-order valence-electron chi connectivity index (χ2n) is 4.84. The molecule has 0 saturated carbocycles. The molecule has 108 valence electrons. The van der Waals surface area contributed by atoms with Gasteiger partial charge in [0, 0.05) is 6.20 Å². The molecule has 0 fully saturated rings. The first kappa shape index (κ1) is 14.0. The highest BCUT2D eigenvalue weighted by Crippen LogP contribution is 2.19. The number of hydrogen-bond donors (Lipinski definition) is 0. The second kappa shape index (κ2) is 6.68. The molecule has 0 bridgehead atoms. The molecule has 1 aromatic heterocycles. The molecule has 0 N–H and O–H groups in total. The lowest BCUT2D eigenvalue weighted by Crippen LogP contribution is -2.05. The summed E-state index contributed by atoms with van der Waals surface area (Å²) in [6.45, 7) is 0.181. The lowest BCUT2D eigenvalue weighted by Gasteiger charge is -2.06. The van der Waals surface area contributed by atoms with E-state index in [-0.39, 0.29) is 12.6 Å². The largest absolute Gasteiger partial charge is 0.456 e. The predicted octanol–water partition coefficient (Wildman–Crippen LogP) is 4.11. The van der Waals surface area contributed by atoms with E-state index < -0.39 is 0 Å². The van der Waals surface area contributed by atoms with Gasteiger partial charge in [-0.1, -0.05) is 48.5 Å². The summed E-state index contributed by atoms with van der Waals surface area (Å²) >= 11 is 0. The topological polar surface area (TPSA) is 39.2 Å². The molecule has 0 unspecified atom stereocenters.